The van der Waals surface area contributed by atoms with Crippen LogP contribution in [0.3, 0.4) is 0 Å². The third-order valence-corrected chi connectivity index (χ3v) is 4.11. The van der Waals surface area contributed by atoms with Gasteiger partial charge in [0.05, 0.1) is 23.7 Å². The van der Waals surface area contributed by atoms with Crippen LogP contribution in [0.2, 0.25) is 0 Å². The standard InChI is InChI=1S/C15H25N3O/c1-3-9-15(2,16)14(19)11-12-8-10-18(17-12)13-6-4-5-7-13/h8,10,13H,3-7,9,11,16H2,1-2H3. The summed E-state index contributed by atoms with van der Waals surface area (Å²) in [5.41, 5.74) is 6.20. The van der Waals surface area contributed by atoms with Crippen molar-refractivity contribution in [1.82, 2.24) is 9.78 Å². The molecule has 2 rings (SSSR count). The zero-order chi connectivity index (χ0) is 13.9. The van der Waals surface area contributed by atoms with E-state index in [0.717, 1.165) is 18.5 Å². The van der Waals surface area contributed by atoms with Crippen molar-refractivity contribution in [3.63, 3.8) is 0 Å². The van der Waals surface area contributed by atoms with Crippen LogP contribution in [0.4, 0.5) is 0 Å². The summed E-state index contributed by atoms with van der Waals surface area (Å²) in [7, 11) is 0. The lowest BCUT2D eigenvalue weighted by atomic mass is 9.90. The zero-order valence-corrected chi connectivity index (χ0v) is 12.1. The molecule has 1 atom stereocenters. The van der Waals surface area contributed by atoms with Gasteiger partial charge in [-0.2, -0.15) is 5.10 Å². The Balaban J connectivity index is 1.97. The number of hydrogen-bond donors (Lipinski definition) is 1. The Morgan fingerprint density at radius 2 is 2.21 bits per heavy atom. The van der Waals surface area contributed by atoms with E-state index in [-0.39, 0.29) is 5.78 Å². The maximum Gasteiger partial charge on any atom is 0.158 e. The van der Waals surface area contributed by atoms with Gasteiger partial charge in [-0.05, 0) is 32.3 Å². The van der Waals surface area contributed by atoms with E-state index in [1.54, 1.807) is 0 Å². The number of hydrogen-bond acceptors (Lipinski definition) is 3. The van der Waals surface area contributed by atoms with Crippen molar-refractivity contribution < 1.29 is 4.79 Å². The van der Waals surface area contributed by atoms with Crippen LogP contribution in [0, 0.1) is 0 Å². The Hall–Kier alpha value is -1.16. The van der Waals surface area contributed by atoms with Crippen LogP contribution in [0.15, 0.2) is 12.3 Å². The highest BCUT2D eigenvalue weighted by Gasteiger charge is 2.27. The number of carbonyl (C=O) groups excluding carboxylic acids is 1. The van der Waals surface area contributed by atoms with E-state index in [1.165, 1.54) is 25.7 Å². The summed E-state index contributed by atoms with van der Waals surface area (Å²) < 4.78 is 2.03. The first-order valence-electron chi connectivity index (χ1n) is 7.39. The molecule has 19 heavy (non-hydrogen) atoms. The molecule has 0 radical (unpaired) electrons. The molecular formula is C15H25N3O. The highest BCUT2D eigenvalue weighted by atomic mass is 16.1. The van der Waals surface area contributed by atoms with Crippen LogP contribution in [-0.2, 0) is 11.2 Å². The van der Waals surface area contributed by atoms with Crippen molar-refractivity contribution in [2.24, 2.45) is 5.73 Å². The van der Waals surface area contributed by atoms with Gasteiger partial charge in [0.1, 0.15) is 0 Å². The predicted octanol–water partition coefficient (Wildman–Crippen LogP) is 2.63. The van der Waals surface area contributed by atoms with E-state index >= 15 is 0 Å². The Kier molecular flexibility index (Phi) is 4.40. The van der Waals surface area contributed by atoms with E-state index in [4.69, 9.17) is 5.73 Å². The van der Waals surface area contributed by atoms with Gasteiger partial charge in [-0.25, -0.2) is 0 Å². The Labute approximate surface area is 115 Å². The lowest BCUT2D eigenvalue weighted by Crippen LogP contribution is -2.45. The van der Waals surface area contributed by atoms with E-state index in [0.29, 0.717) is 12.5 Å². The predicted molar refractivity (Wildman–Crippen MR) is 75.9 cm³/mol. The lowest BCUT2D eigenvalue weighted by Gasteiger charge is -2.21. The van der Waals surface area contributed by atoms with Crippen LogP contribution < -0.4 is 5.73 Å². The monoisotopic (exact) mass is 263 g/mol. The zero-order valence-electron chi connectivity index (χ0n) is 12.1. The highest BCUT2D eigenvalue weighted by Crippen LogP contribution is 2.28. The summed E-state index contributed by atoms with van der Waals surface area (Å²) in [5.74, 6) is 0.0889. The summed E-state index contributed by atoms with van der Waals surface area (Å²) in [5, 5.41) is 4.55. The fraction of sp³-hybridized carbons (Fsp3) is 0.733. The molecule has 0 spiro atoms. The molecule has 4 heteroatoms. The van der Waals surface area contributed by atoms with Gasteiger partial charge in [-0.3, -0.25) is 9.48 Å². The number of nitrogens with zero attached hydrogens (tertiary/aromatic N) is 2. The molecule has 1 unspecified atom stereocenters. The number of ketones is 1. The normalized spacial score (nSPS) is 19.5. The van der Waals surface area contributed by atoms with Crippen LogP contribution in [0.5, 0.6) is 0 Å². The van der Waals surface area contributed by atoms with Crippen molar-refractivity contribution in [3.8, 4) is 0 Å². The Bertz CT molecular complexity index is 430. The quantitative estimate of drug-likeness (QED) is 0.858. The first-order valence-corrected chi connectivity index (χ1v) is 7.39. The maximum atomic E-state index is 12.2. The van der Waals surface area contributed by atoms with E-state index in [9.17, 15) is 4.79 Å². The Morgan fingerprint density at radius 3 is 2.84 bits per heavy atom. The molecule has 4 nitrogen and oxygen atoms in total. The number of Topliss-reactive ketones (excluding diaryl/α,β-unsaturated/α-hetero) is 1. The van der Waals surface area contributed by atoms with Crippen LogP contribution >= 0.6 is 0 Å². The molecule has 0 saturated heterocycles. The minimum absolute atomic E-state index is 0.0889. The molecule has 0 amide bonds. The van der Waals surface area contributed by atoms with Crippen LogP contribution in [0.1, 0.15) is 64.1 Å². The van der Waals surface area contributed by atoms with Gasteiger partial charge >= 0.3 is 0 Å². The fourth-order valence-electron chi connectivity index (χ4n) is 2.87. The molecule has 0 aliphatic heterocycles. The van der Waals surface area contributed by atoms with Crippen LogP contribution in [0.25, 0.3) is 0 Å². The molecule has 106 valence electrons. The summed E-state index contributed by atoms with van der Waals surface area (Å²) in [6.45, 7) is 3.88. The number of nitrogens with two attached hydrogens (primary N) is 1. The smallest absolute Gasteiger partial charge is 0.158 e. The van der Waals surface area contributed by atoms with Gasteiger partial charge in [0.25, 0.3) is 0 Å². The molecule has 0 aromatic carbocycles. The van der Waals surface area contributed by atoms with Gasteiger partial charge in [0.2, 0.25) is 0 Å². The van der Waals surface area contributed by atoms with Crippen molar-refractivity contribution in [2.75, 3.05) is 0 Å². The first kappa shape index (κ1) is 14.3. The van der Waals surface area contributed by atoms with Crippen molar-refractivity contribution >= 4 is 5.78 Å². The molecule has 1 aliphatic carbocycles. The molecular weight excluding hydrogens is 238 g/mol. The summed E-state index contributed by atoms with van der Waals surface area (Å²) in [6, 6.07) is 2.49. The second-order valence-electron chi connectivity index (χ2n) is 5.99. The van der Waals surface area contributed by atoms with E-state index in [2.05, 4.69) is 5.10 Å². The topological polar surface area (TPSA) is 60.9 Å². The number of aromatic nitrogens is 2. The van der Waals surface area contributed by atoms with Gasteiger partial charge in [-0.1, -0.05) is 26.2 Å². The van der Waals surface area contributed by atoms with E-state index < -0.39 is 5.54 Å². The second-order valence-corrected chi connectivity index (χ2v) is 5.99. The largest absolute Gasteiger partial charge is 0.319 e. The summed E-state index contributed by atoms with van der Waals surface area (Å²) >= 11 is 0. The molecule has 1 heterocycles. The van der Waals surface area contributed by atoms with Gasteiger partial charge in [-0.15, -0.1) is 0 Å². The molecule has 2 N–H and O–H groups in total. The molecule has 1 aliphatic rings. The first-order chi connectivity index (χ1) is 9.03. The average molecular weight is 263 g/mol. The summed E-state index contributed by atoms with van der Waals surface area (Å²) in [6.07, 6.45) is 9.01. The van der Waals surface area contributed by atoms with Crippen molar-refractivity contribution in [2.45, 2.75) is 70.4 Å². The Morgan fingerprint density at radius 1 is 1.53 bits per heavy atom. The molecule has 1 aromatic heterocycles. The molecule has 1 saturated carbocycles. The third-order valence-electron chi connectivity index (χ3n) is 4.11. The molecule has 1 aromatic rings. The SMILES string of the molecule is CCCC(C)(N)C(=O)Cc1ccn(C2CCCC2)n1. The minimum atomic E-state index is -0.716. The van der Waals surface area contributed by atoms with Gasteiger partial charge < -0.3 is 5.73 Å². The number of rotatable bonds is 6. The van der Waals surface area contributed by atoms with Crippen molar-refractivity contribution in [1.29, 1.82) is 0 Å². The average Bonchev–Trinajstić information content (AvgIpc) is 2.97. The number of carbonyl (C=O) groups is 1. The maximum absolute atomic E-state index is 12.2. The van der Waals surface area contributed by atoms with Gasteiger partial charge in [0, 0.05) is 6.20 Å². The molecule has 1 fully saturated rings. The van der Waals surface area contributed by atoms with Crippen molar-refractivity contribution in [3.05, 3.63) is 18.0 Å². The lowest BCUT2D eigenvalue weighted by molar-refractivity contribution is -0.123. The summed E-state index contributed by atoms with van der Waals surface area (Å²) in [4.78, 5) is 12.2. The molecule has 0 bridgehead atoms. The minimum Gasteiger partial charge on any atom is -0.319 e. The van der Waals surface area contributed by atoms with Gasteiger partial charge in [0.15, 0.2) is 5.78 Å². The second kappa shape index (κ2) is 5.87. The fourth-order valence-corrected chi connectivity index (χ4v) is 2.87. The third kappa shape index (κ3) is 3.44. The highest BCUT2D eigenvalue weighted by molar-refractivity contribution is 5.89. The van der Waals surface area contributed by atoms with E-state index in [1.807, 2.05) is 30.8 Å². The van der Waals surface area contributed by atoms with Crippen LogP contribution in [-0.4, -0.2) is 21.1 Å².